The number of rotatable bonds is 7. The summed E-state index contributed by atoms with van der Waals surface area (Å²) in [6.45, 7) is 1.86. The summed E-state index contributed by atoms with van der Waals surface area (Å²) in [5.41, 5.74) is 4.32. The molecule has 0 saturated carbocycles. The Morgan fingerprint density at radius 3 is 2.68 bits per heavy atom. The quantitative estimate of drug-likeness (QED) is 0.437. The third-order valence-corrected chi connectivity index (χ3v) is 5.94. The Labute approximate surface area is 198 Å². The molecule has 1 aliphatic rings. The van der Waals surface area contributed by atoms with Crippen molar-refractivity contribution < 1.29 is 9.53 Å². The molecular formula is C27H27N5O2. The van der Waals surface area contributed by atoms with Gasteiger partial charge in [-0.15, -0.1) is 0 Å². The van der Waals surface area contributed by atoms with Crippen LogP contribution >= 0.6 is 0 Å². The number of pyridine rings is 3. The van der Waals surface area contributed by atoms with Gasteiger partial charge in [0.1, 0.15) is 11.5 Å². The van der Waals surface area contributed by atoms with Gasteiger partial charge in [0, 0.05) is 43.1 Å². The van der Waals surface area contributed by atoms with E-state index in [0.29, 0.717) is 18.3 Å². The summed E-state index contributed by atoms with van der Waals surface area (Å²) in [5, 5.41) is 7.29. The highest BCUT2D eigenvalue weighted by Gasteiger charge is 2.15. The molecule has 0 aliphatic carbocycles. The molecule has 0 bridgehead atoms. The fourth-order valence-electron chi connectivity index (χ4n) is 4.10. The van der Waals surface area contributed by atoms with Crippen molar-refractivity contribution in [3.05, 3.63) is 95.6 Å². The molecule has 34 heavy (non-hydrogen) atoms. The van der Waals surface area contributed by atoms with Crippen LogP contribution in [0.3, 0.4) is 0 Å². The highest BCUT2D eigenvalue weighted by atomic mass is 16.5. The van der Waals surface area contributed by atoms with Gasteiger partial charge in [-0.25, -0.2) is 9.97 Å². The average Bonchev–Trinajstić information content (AvgIpc) is 2.88. The Hall–Kier alpha value is -3.84. The fourth-order valence-corrected chi connectivity index (χ4v) is 4.10. The van der Waals surface area contributed by atoms with Gasteiger partial charge in [0.15, 0.2) is 0 Å². The fraction of sp³-hybridized carbons (Fsp3) is 0.259. The number of nitrogens with one attached hydrogen (secondary N) is 2. The van der Waals surface area contributed by atoms with Crippen molar-refractivity contribution in [1.82, 2.24) is 20.3 Å². The normalized spacial score (nSPS) is 14.1. The van der Waals surface area contributed by atoms with Gasteiger partial charge in [0.25, 0.3) is 5.91 Å². The van der Waals surface area contributed by atoms with Gasteiger partial charge in [-0.1, -0.05) is 30.3 Å². The lowest BCUT2D eigenvalue weighted by Gasteiger charge is -2.23. The molecule has 1 aromatic carbocycles. The van der Waals surface area contributed by atoms with Crippen molar-refractivity contribution in [2.75, 3.05) is 18.5 Å². The number of benzene rings is 1. The highest BCUT2D eigenvalue weighted by molar-refractivity contribution is 5.95. The van der Waals surface area contributed by atoms with Crippen molar-refractivity contribution in [2.45, 2.75) is 31.8 Å². The zero-order chi connectivity index (χ0) is 23.2. The Bertz CT molecular complexity index is 1270. The van der Waals surface area contributed by atoms with Crippen LogP contribution < -0.4 is 10.6 Å². The van der Waals surface area contributed by atoms with Crippen molar-refractivity contribution in [3.8, 4) is 0 Å². The van der Waals surface area contributed by atoms with Gasteiger partial charge in [0.05, 0.1) is 17.8 Å². The Balaban J connectivity index is 1.24. The van der Waals surface area contributed by atoms with E-state index in [1.54, 1.807) is 18.5 Å². The van der Waals surface area contributed by atoms with E-state index >= 15 is 0 Å². The number of hydrogen-bond acceptors (Lipinski definition) is 6. The number of hydrogen-bond donors (Lipinski definition) is 2. The van der Waals surface area contributed by atoms with Crippen molar-refractivity contribution in [3.63, 3.8) is 0 Å². The number of nitrogens with zero attached hydrogens (tertiary/aromatic N) is 3. The maximum Gasteiger partial charge on any atom is 0.270 e. The predicted molar refractivity (Wildman–Crippen MR) is 132 cm³/mol. The molecule has 5 rings (SSSR count). The molecule has 3 aromatic heterocycles. The molecule has 1 aliphatic heterocycles. The lowest BCUT2D eigenvalue weighted by Crippen LogP contribution is -2.28. The maximum atomic E-state index is 12.8. The summed E-state index contributed by atoms with van der Waals surface area (Å²) in [5.74, 6) is 0.539. The Morgan fingerprint density at radius 2 is 1.82 bits per heavy atom. The second-order valence-electron chi connectivity index (χ2n) is 8.49. The van der Waals surface area contributed by atoms with Crippen LogP contribution in [0.15, 0.2) is 73.1 Å². The molecule has 172 valence electrons. The molecule has 0 unspecified atom stereocenters. The molecule has 1 amide bonds. The monoisotopic (exact) mass is 453 g/mol. The second kappa shape index (κ2) is 10.4. The third-order valence-electron chi connectivity index (χ3n) is 5.94. The van der Waals surface area contributed by atoms with Crippen LogP contribution in [-0.2, 0) is 17.7 Å². The van der Waals surface area contributed by atoms with E-state index in [4.69, 9.17) is 4.74 Å². The highest BCUT2D eigenvalue weighted by Crippen LogP contribution is 2.18. The summed E-state index contributed by atoms with van der Waals surface area (Å²) in [4.78, 5) is 26.3. The van der Waals surface area contributed by atoms with Crippen molar-refractivity contribution in [2.24, 2.45) is 0 Å². The SMILES string of the molecule is O=C(NCc1cc(Cc2ccccc2)ccn1)c1ccc2cnc(NC3CCOCC3)cc2n1. The van der Waals surface area contributed by atoms with E-state index in [9.17, 15) is 4.79 Å². The number of carbonyl (C=O) groups excluding carboxylic acids is 1. The smallest absolute Gasteiger partial charge is 0.270 e. The third kappa shape index (κ3) is 5.55. The molecule has 7 heteroatoms. The zero-order valence-corrected chi connectivity index (χ0v) is 18.9. The van der Waals surface area contributed by atoms with Gasteiger partial charge in [-0.2, -0.15) is 0 Å². The molecule has 0 spiro atoms. The number of carbonyl (C=O) groups is 1. The van der Waals surface area contributed by atoms with E-state index in [0.717, 1.165) is 60.5 Å². The van der Waals surface area contributed by atoms with Crippen molar-refractivity contribution >= 4 is 22.6 Å². The van der Waals surface area contributed by atoms with E-state index in [2.05, 4.69) is 37.7 Å². The summed E-state index contributed by atoms with van der Waals surface area (Å²) in [6, 6.07) is 20.2. The summed E-state index contributed by atoms with van der Waals surface area (Å²) < 4.78 is 5.42. The van der Waals surface area contributed by atoms with E-state index in [-0.39, 0.29) is 5.91 Å². The van der Waals surface area contributed by atoms with Crippen LogP contribution in [0.1, 0.15) is 40.2 Å². The van der Waals surface area contributed by atoms with Crippen LogP contribution in [0.25, 0.3) is 10.9 Å². The first-order valence-electron chi connectivity index (χ1n) is 11.6. The maximum absolute atomic E-state index is 12.8. The minimum absolute atomic E-state index is 0.229. The van der Waals surface area contributed by atoms with Crippen LogP contribution in [0.2, 0.25) is 0 Å². The standard InChI is InChI=1S/C27H27N5O2/c33-27(30-18-23-15-20(8-11-28-23)14-19-4-2-1-3-5-19)24-7-6-21-17-29-26(16-25(21)32-24)31-22-9-12-34-13-10-22/h1-8,11,15-17,22H,9-10,12-14,18H2,(H,29,31)(H,30,33). The Morgan fingerprint density at radius 1 is 0.971 bits per heavy atom. The number of fused-ring (bicyclic) bond motifs is 1. The molecule has 0 radical (unpaired) electrons. The number of amides is 1. The average molecular weight is 454 g/mol. The minimum atomic E-state index is -0.229. The van der Waals surface area contributed by atoms with Crippen molar-refractivity contribution in [1.29, 1.82) is 0 Å². The van der Waals surface area contributed by atoms with Gasteiger partial charge in [0.2, 0.25) is 0 Å². The lowest BCUT2D eigenvalue weighted by atomic mass is 10.1. The molecule has 4 heterocycles. The molecule has 0 atom stereocenters. The molecule has 1 saturated heterocycles. The number of anilines is 1. The summed E-state index contributed by atoms with van der Waals surface area (Å²) in [7, 11) is 0. The first-order valence-corrected chi connectivity index (χ1v) is 11.6. The summed E-state index contributed by atoms with van der Waals surface area (Å²) >= 11 is 0. The number of aromatic nitrogens is 3. The van der Waals surface area contributed by atoms with E-state index in [1.807, 2.05) is 42.5 Å². The largest absolute Gasteiger partial charge is 0.381 e. The van der Waals surface area contributed by atoms with Gasteiger partial charge >= 0.3 is 0 Å². The minimum Gasteiger partial charge on any atom is -0.381 e. The second-order valence-corrected chi connectivity index (χ2v) is 8.49. The first kappa shape index (κ1) is 22.0. The Kier molecular flexibility index (Phi) is 6.72. The molecular weight excluding hydrogens is 426 g/mol. The molecule has 7 nitrogen and oxygen atoms in total. The zero-order valence-electron chi connectivity index (χ0n) is 18.9. The molecule has 1 fully saturated rings. The van der Waals surface area contributed by atoms with Crippen LogP contribution in [0, 0.1) is 0 Å². The number of ether oxygens (including phenoxy) is 1. The van der Waals surface area contributed by atoms with Crippen LogP contribution in [0.4, 0.5) is 5.82 Å². The topological polar surface area (TPSA) is 89.0 Å². The molecule has 4 aromatic rings. The van der Waals surface area contributed by atoms with E-state index in [1.165, 1.54) is 5.56 Å². The van der Waals surface area contributed by atoms with Gasteiger partial charge in [-0.3, -0.25) is 9.78 Å². The van der Waals surface area contributed by atoms with Crippen LogP contribution in [-0.4, -0.2) is 40.1 Å². The van der Waals surface area contributed by atoms with Gasteiger partial charge in [-0.05, 0) is 54.7 Å². The predicted octanol–water partition coefficient (Wildman–Crippen LogP) is 4.14. The van der Waals surface area contributed by atoms with E-state index < -0.39 is 0 Å². The molecule has 2 N–H and O–H groups in total. The van der Waals surface area contributed by atoms with Gasteiger partial charge < -0.3 is 15.4 Å². The van der Waals surface area contributed by atoms with Crippen LogP contribution in [0.5, 0.6) is 0 Å². The first-order chi connectivity index (χ1) is 16.7. The summed E-state index contributed by atoms with van der Waals surface area (Å²) in [6.07, 6.45) is 6.31. The lowest BCUT2D eigenvalue weighted by molar-refractivity contribution is 0.0903.